The van der Waals surface area contributed by atoms with Crippen LogP contribution in [0, 0.1) is 3.57 Å². The highest BCUT2D eigenvalue weighted by molar-refractivity contribution is 14.1. The van der Waals surface area contributed by atoms with Crippen LogP contribution in [0.2, 0.25) is 0 Å². The largest absolute Gasteiger partial charge is 0.384 e. The summed E-state index contributed by atoms with van der Waals surface area (Å²) in [5.74, 6) is 0. The van der Waals surface area contributed by atoms with Crippen molar-refractivity contribution in [3.05, 3.63) is 43.5 Å². The molecule has 0 radical (unpaired) electrons. The molecular formula is C12H12BrIO. The van der Waals surface area contributed by atoms with E-state index in [0.29, 0.717) is 0 Å². The lowest BCUT2D eigenvalue weighted by Crippen LogP contribution is -2.02. The molecule has 1 aromatic carbocycles. The van der Waals surface area contributed by atoms with E-state index < -0.39 is 6.10 Å². The van der Waals surface area contributed by atoms with E-state index in [9.17, 15) is 5.11 Å². The third-order valence-electron chi connectivity index (χ3n) is 2.68. The van der Waals surface area contributed by atoms with Crippen LogP contribution in [0.1, 0.15) is 30.9 Å². The first kappa shape index (κ1) is 11.6. The van der Waals surface area contributed by atoms with Gasteiger partial charge in [0.1, 0.15) is 6.10 Å². The minimum absolute atomic E-state index is 0.420. The molecular weight excluding hydrogens is 367 g/mol. The molecule has 0 aromatic heterocycles. The van der Waals surface area contributed by atoms with Crippen molar-refractivity contribution in [3.8, 4) is 0 Å². The van der Waals surface area contributed by atoms with Gasteiger partial charge in [0.25, 0.3) is 0 Å². The van der Waals surface area contributed by atoms with Crippen molar-refractivity contribution in [2.24, 2.45) is 0 Å². The van der Waals surface area contributed by atoms with Crippen LogP contribution in [0.4, 0.5) is 0 Å². The average Bonchev–Trinajstić information content (AvgIpc) is 2.74. The van der Waals surface area contributed by atoms with Crippen molar-refractivity contribution in [3.63, 3.8) is 0 Å². The van der Waals surface area contributed by atoms with Gasteiger partial charge in [-0.05, 0) is 71.2 Å². The summed E-state index contributed by atoms with van der Waals surface area (Å²) in [7, 11) is 0. The first-order valence-corrected chi connectivity index (χ1v) is 6.87. The Morgan fingerprint density at radius 3 is 2.87 bits per heavy atom. The van der Waals surface area contributed by atoms with Gasteiger partial charge in [-0.2, -0.15) is 0 Å². The number of hydrogen-bond donors (Lipinski definition) is 1. The topological polar surface area (TPSA) is 20.2 Å². The maximum absolute atomic E-state index is 10.2. The van der Waals surface area contributed by atoms with Crippen LogP contribution in [-0.2, 0) is 0 Å². The average molecular weight is 379 g/mol. The second-order valence-corrected chi connectivity index (χ2v) is 5.82. The molecule has 1 nitrogen and oxygen atoms in total. The van der Waals surface area contributed by atoms with Gasteiger partial charge in [-0.15, -0.1) is 0 Å². The molecule has 1 unspecified atom stereocenters. The van der Waals surface area contributed by atoms with Crippen molar-refractivity contribution in [1.29, 1.82) is 0 Å². The predicted octanol–water partition coefficient (Wildman–Crippen LogP) is 4.20. The van der Waals surface area contributed by atoms with E-state index in [-0.39, 0.29) is 0 Å². The quantitative estimate of drug-likeness (QED) is 0.604. The van der Waals surface area contributed by atoms with Crippen molar-refractivity contribution in [2.75, 3.05) is 0 Å². The fourth-order valence-corrected chi connectivity index (χ4v) is 2.88. The summed E-state index contributed by atoms with van der Waals surface area (Å²) in [6.45, 7) is 0. The normalized spacial score (nSPS) is 17.7. The number of benzene rings is 1. The highest BCUT2D eigenvalue weighted by Crippen LogP contribution is 2.33. The number of hydrogen-bond acceptors (Lipinski definition) is 1. The van der Waals surface area contributed by atoms with Gasteiger partial charge < -0.3 is 5.11 Å². The maximum Gasteiger partial charge on any atom is 0.101 e. The van der Waals surface area contributed by atoms with Crippen LogP contribution >= 0.6 is 38.5 Å². The number of rotatable bonds is 2. The first-order chi connectivity index (χ1) is 7.18. The van der Waals surface area contributed by atoms with Crippen LogP contribution < -0.4 is 0 Å². The Morgan fingerprint density at radius 1 is 1.40 bits per heavy atom. The molecule has 0 fully saturated rings. The molecule has 1 aromatic rings. The van der Waals surface area contributed by atoms with Crippen LogP contribution in [0.5, 0.6) is 0 Å². The molecule has 1 N–H and O–H groups in total. The second kappa shape index (κ2) is 4.97. The van der Waals surface area contributed by atoms with Crippen molar-refractivity contribution < 1.29 is 5.11 Å². The Bertz CT molecular complexity index is 401. The van der Waals surface area contributed by atoms with Gasteiger partial charge in [-0.3, -0.25) is 0 Å². The third kappa shape index (κ3) is 2.63. The Kier molecular flexibility index (Phi) is 3.85. The summed E-state index contributed by atoms with van der Waals surface area (Å²) >= 11 is 5.71. The predicted molar refractivity (Wildman–Crippen MR) is 73.8 cm³/mol. The van der Waals surface area contributed by atoms with Gasteiger partial charge in [-0.1, -0.05) is 22.0 Å². The van der Waals surface area contributed by atoms with Crippen LogP contribution in [0.15, 0.2) is 34.3 Å². The summed E-state index contributed by atoms with van der Waals surface area (Å²) in [6.07, 6.45) is 5.07. The molecule has 0 heterocycles. The van der Waals surface area contributed by atoms with Crippen LogP contribution in [0.3, 0.4) is 0 Å². The fourth-order valence-electron chi connectivity index (χ4n) is 1.87. The highest BCUT2D eigenvalue weighted by atomic mass is 127. The van der Waals surface area contributed by atoms with Crippen molar-refractivity contribution in [2.45, 2.75) is 25.4 Å². The van der Waals surface area contributed by atoms with Crippen LogP contribution in [-0.4, -0.2) is 5.11 Å². The molecule has 0 aliphatic heterocycles. The molecule has 1 aliphatic rings. The Labute approximate surface area is 112 Å². The zero-order valence-corrected chi connectivity index (χ0v) is 12.0. The van der Waals surface area contributed by atoms with E-state index in [4.69, 9.17) is 0 Å². The number of aliphatic hydroxyl groups excluding tert-OH is 1. The lowest BCUT2D eigenvalue weighted by Gasteiger charge is -2.14. The highest BCUT2D eigenvalue weighted by Gasteiger charge is 2.18. The van der Waals surface area contributed by atoms with Gasteiger partial charge in [0.05, 0.1) is 0 Å². The Balaban J connectivity index is 2.31. The summed E-state index contributed by atoms with van der Waals surface area (Å²) in [6, 6.07) is 6.03. The lowest BCUT2D eigenvalue weighted by atomic mass is 10.0. The summed E-state index contributed by atoms with van der Waals surface area (Å²) in [5.41, 5.74) is 2.18. The smallest absolute Gasteiger partial charge is 0.101 e. The lowest BCUT2D eigenvalue weighted by molar-refractivity contribution is 0.212. The molecule has 0 amide bonds. The number of aliphatic hydroxyl groups is 1. The fraction of sp³-hybridized carbons (Fsp3) is 0.333. The molecule has 0 saturated carbocycles. The number of halogens is 2. The van der Waals surface area contributed by atoms with Gasteiger partial charge in [0.15, 0.2) is 0 Å². The summed E-state index contributed by atoms with van der Waals surface area (Å²) < 4.78 is 2.15. The van der Waals surface area contributed by atoms with Gasteiger partial charge in [0.2, 0.25) is 0 Å². The molecule has 1 atom stereocenters. The molecule has 0 bridgehead atoms. The van der Waals surface area contributed by atoms with E-state index in [2.05, 4.69) is 44.6 Å². The molecule has 0 spiro atoms. The molecule has 80 valence electrons. The van der Waals surface area contributed by atoms with Crippen molar-refractivity contribution in [1.82, 2.24) is 0 Å². The number of allylic oxidation sites excluding steroid dienone is 1. The van der Waals surface area contributed by atoms with Gasteiger partial charge in [0, 0.05) is 8.04 Å². The molecule has 0 saturated heterocycles. The molecule has 2 rings (SSSR count). The Morgan fingerprint density at radius 2 is 2.20 bits per heavy atom. The maximum atomic E-state index is 10.2. The first-order valence-electron chi connectivity index (χ1n) is 5.00. The molecule has 3 heteroatoms. The minimum Gasteiger partial charge on any atom is -0.384 e. The van der Waals surface area contributed by atoms with Crippen molar-refractivity contribution >= 4 is 38.5 Å². The summed E-state index contributed by atoms with van der Waals surface area (Å²) in [5, 5.41) is 10.2. The Hall–Kier alpha value is 0.130. The van der Waals surface area contributed by atoms with Gasteiger partial charge in [-0.25, -0.2) is 0 Å². The monoisotopic (exact) mass is 378 g/mol. The van der Waals surface area contributed by atoms with E-state index in [1.165, 1.54) is 12.0 Å². The molecule has 15 heavy (non-hydrogen) atoms. The zero-order valence-electron chi connectivity index (χ0n) is 8.21. The minimum atomic E-state index is -0.420. The third-order valence-corrected chi connectivity index (χ3v) is 4.16. The van der Waals surface area contributed by atoms with Crippen LogP contribution in [0.25, 0.3) is 0 Å². The summed E-state index contributed by atoms with van der Waals surface area (Å²) in [4.78, 5) is 0. The van der Waals surface area contributed by atoms with E-state index in [1.807, 2.05) is 18.2 Å². The standard InChI is InChI=1S/C12H12BrIO/c13-9-5-6-11(14)10(7-9)12(15)8-3-1-2-4-8/h3,5-7,12,15H,1-2,4H2. The second-order valence-electron chi connectivity index (χ2n) is 3.74. The molecule has 1 aliphatic carbocycles. The SMILES string of the molecule is OC(C1=CCCC1)c1cc(Br)ccc1I. The van der Waals surface area contributed by atoms with E-state index in [1.54, 1.807) is 0 Å². The van der Waals surface area contributed by atoms with E-state index in [0.717, 1.165) is 26.4 Å². The van der Waals surface area contributed by atoms with E-state index >= 15 is 0 Å². The zero-order chi connectivity index (χ0) is 10.8. The van der Waals surface area contributed by atoms with Gasteiger partial charge >= 0.3 is 0 Å².